The average Bonchev–Trinajstić information content (AvgIpc) is 3.26. The molecule has 0 spiro atoms. The van der Waals surface area contributed by atoms with Crippen molar-refractivity contribution in [1.82, 2.24) is 10.2 Å². The van der Waals surface area contributed by atoms with Crippen molar-refractivity contribution < 1.29 is 14.0 Å². The maximum Gasteiger partial charge on any atom is 0.246 e. The maximum atomic E-state index is 12.1. The molecule has 1 atom stereocenters. The number of carbonyl (C=O) groups is 2. The fourth-order valence-electron chi connectivity index (χ4n) is 3.49. The minimum atomic E-state index is -0.0326. The molecule has 1 unspecified atom stereocenters. The van der Waals surface area contributed by atoms with Crippen LogP contribution in [0.3, 0.4) is 0 Å². The van der Waals surface area contributed by atoms with Gasteiger partial charge in [0.1, 0.15) is 5.58 Å². The van der Waals surface area contributed by atoms with Gasteiger partial charge in [0, 0.05) is 30.9 Å². The highest BCUT2D eigenvalue weighted by Crippen LogP contribution is 2.22. The molecular formula is C20H24N2O3. The number of rotatable bonds is 7. The molecule has 0 bridgehead atoms. The number of furan rings is 1. The summed E-state index contributed by atoms with van der Waals surface area (Å²) in [4.78, 5) is 25.7. The molecule has 1 saturated heterocycles. The van der Waals surface area contributed by atoms with E-state index < -0.39 is 0 Å². The zero-order valence-corrected chi connectivity index (χ0v) is 14.4. The normalized spacial score (nSPS) is 17.0. The maximum absolute atomic E-state index is 12.1. The van der Waals surface area contributed by atoms with Crippen molar-refractivity contribution in [2.45, 2.75) is 38.1 Å². The Balaban J connectivity index is 1.42. The summed E-state index contributed by atoms with van der Waals surface area (Å²) in [5.41, 5.74) is 1.98. The van der Waals surface area contributed by atoms with Gasteiger partial charge in [-0.15, -0.1) is 0 Å². The molecule has 2 heterocycles. The topological polar surface area (TPSA) is 62.6 Å². The molecule has 3 rings (SSSR count). The lowest BCUT2D eigenvalue weighted by Gasteiger charge is -2.23. The van der Waals surface area contributed by atoms with Gasteiger partial charge in [-0.1, -0.05) is 24.8 Å². The number of hydrogen-bond donors (Lipinski definition) is 1. The number of para-hydroxylation sites is 1. The van der Waals surface area contributed by atoms with Crippen LogP contribution >= 0.6 is 0 Å². The Labute approximate surface area is 147 Å². The second-order valence-corrected chi connectivity index (χ2v) is 6.43. The first kappa shape index (κ1) is 17.3. The van der Waals surface area contributed by atoms with Gasteiger partial charge in [-0.05, 0) is 43.4 Å². The van der Waals surface area contributed by atoms with Crippen LogP contribution in [0.1, 0.15) is 31.2 Å². The van der Waals surface area contributed by atoms with E-state index in [1.54, 1.807) is 6.26 Å². The van der Waals surface area contributed by atoms with Crippen molar-refractivity contribution in [2.24, 2.45) is 0 Å². The van der Waals surface area contributed by atoms with E-state index in [0.29, 0.717) is 19.4 Å². The average molecular weight is 340 g/mol. The van der Waals surface area contributed by atoms with Crippen LogP contribution in [0.4, 0.5) is 0 Å². The summed E-state index contributed by atoms with van der Waals surface area (Å²) < 4.78 is 5.51. The number of likely N-dealkylation sites (tertiary alicyclic amines) is 1. The molecule has 1 aromatic heterocycles. The molecule has 5 heteroatoms. The molecule has 132 valence electrons. The van der Waals surface area contributed by atoms with Crippen LogP contribution in [-0.4, -0.2) is 35.8 Å². The fraction of sp³-hybridized carbons (Fsp3) is 0.400. The number of nitrogens with one attached hydrogen (secondary N) is 1. The number of hydrogen-bond acceptors (Lipinski definition) is 3. The minimum Gasteiger partial charge on any atom is -0.464 e. The number of amides is 2. The van der Waals surface area contributed by atoms with Gasteiger partial charge >= 0.3 is 0 Å². The standard InChI is InChI=1S/C20H24N2O3/c1-2-20(24)22-13-5-6-16(22)9-10-19(23)21-12-11-15-14-25-18-8-4-3-7-17(15)18/h2-4,7-8,14,16H,1,5-6,9-13H2,(H,21,23). The number of carbonyl (C=O) groups excluding carboxylic acids is 2. The van der Waals surface area contributed by atoms with E-state index in [4.69, 9.17) is 4.42 Å². The Morgan fingerprint density at radius 1 is 1.36 bits per heavy atom. The minimum absolute atomic E-state index is 0.0326. The van der Waals surface area contributed by atoms with Crippen molar-refractivity contribution in [3.05, 3.63) is 48.7 Å². The molecule has 1 N–H and O–H groups in total. The lowest BCUT2D eigenvalue weighted by Crippen LogP contribution is -2.35. The zero-order chi connectivity index (χ0) is 17.6. The third-order valence-electron chi connectivity index (χ3n) is 4.82. The van der Waals surface area contributed by atoms with Gasteiger partial charge in [0.2, 0.25) is 11.8 Å². The van der Waals surface area contributed by atoms with Crippen molar-refractivity contribution in [3.8, 4) is 0 Å². The molecule has 0 aliphatic carbocycles. The van der Waals surface area contributed by atoms with Crippen molar-refractivity contribution >= 4 is 22.8 Å². The molecule has 1 fully saturated rings. The van der Waals surface area contributed by atoms with Gasteiger partial charge < -0.3 is 14.6 Å². The quantitative estimate of drug-likeness (QED) is 0.788. The van der Waals surface area contributed by atoms with Gasteiger partial charge in [0.15, 0.2) is 0 Å². The number of benzene rings is 1. The van der Waals surface area contributed by atoms with Crippen LogP contribution in [0.25, 0.3) is 11.0 Å². The number of fused-ring (bicyclic) bond motifs is 1. The summed E-state index contributed by atoms with van der Waals surface area (Å²) in [6, 6.07) is 8.06. The second-order valence-electron chi connectivity index (χ2n) is 6.43. The van der Waals surface area contributed by atoms with Gasteiger partial charge in [-0.3, -0.25) is 9.59 Å². The first-order valence-electron chi connectivity index (χ1n) is 8.84. The second kappa shape index (κ2) is 8.01. The smallest absolute Gasteiger partial charge is 0.246 e. The molecule has 5 nitrogen and oxygen atoms in total. The Hall–Kier alpha value is -2.56. The molecule has 1 aliphatic rings. The number of nitrogens with zero attached hydrogens (tertiary/aromatic N) is 1. The molecule has 0 saturated carbocycles. The molecule has 25 heavy (non-hydrogen) atoms. The van der Waals surface area contributed by atoms with Gasteiger partial charge in [0.05, 0.1) is 6.26 Å². The molecule has 2 aromatic rings. The lowest BCUT2D eigenvalue weighted by atomic mass is 10.1. The molecule has 1 aromatic carbocycles. The van der Waals surface area contributed by atoms with E-state index in [2.05, 4.69) is 11.9 Å². The molecular weight excluding hydrogens is 316 g/mol. The van der Waals surface area contributed by atoms with Crippen LogP contribution in [-0.2, 0) is 16.0 Å². The van der Waals surface area contributed by atoms with Crippen molar-refractivity contribution in [3.63, 3.8) is 0 Å². The Morgan fingerprint density at radius 2 is 2.20 bits per heavy atom. The first-order valence-corrected chi connectivity index (χ1v) is 8.84. The highest BCUT2D eigenvalue weighted by atomic mass is 16.3. The third kappa shape index (κ3) is 4.10. The van der Waals surface area contributed by atoms with E-state index in [0.717, 1.165) is 42.3 Å². The molecule has 2 amide bonds. The summed E-state index contributed by atoms with van der Waals surface area (Å²) in [5.74, 6) is 0.000413. The van der Waals surface area contributed by atoms with E-state index >= 15 is 0 Å². The summed E-state index contributed by atoms with van der Waals surface area (Å²) in [7, 11) is 0. The molecule has 0 radical (unpaired) electrons. The Morgan fingerprint density at radius 3 is 3.04 bits per heavy atom. The van der Waals surface area contributed by atoms with E-state index in [-0.39, 0.29) is 17.9 Å². The summed E-state index contributed by atoms with van der Waals surface area (Å²) >= 11 is 0. The summed E-state index contributed by atoms with van der Waals surface area (Å²) in [6.07, 6.45) is 6.97. The van der Waals surface area contributed by atoms with Gasteiger partial charge in [-0.2, -0.15) is 0 Å². The van der Waals surface area contributed by atoms with Crippen LogP contribution in [0.15, 0.2) is 47.6 Å². The summed E-state index contributed by atoms with van der Waals surface area (Å²) in [5, 5.41) is 4.06. The Bertz CT molecular complexity index is 765. The van der Waals surface area contributed by atoms with Crippen LogP contribution < -0.4 is 5.32 Å². The van der Waals surface area contributed by atoms with Crippen LogP contribution in [0.5, 0.6) is 0 Å². The predicted octanol–water partition coefficient (Wildman–Crippen LogP) is 3.05. The van der Waals surface area contributed by atoms with Crippen LogP contribution in [0, 0.1) is 0 Å². The Kier molecular flexibility index (Phi) is 5.53. The predicted molar refractivity (Wildman–Crippen MR) is 97.1 cm³/mol. The highest BCUT2D eigenvalue weighted by Gasteiger charge is 2.27. The summed E-state index contributed by atoms with van der Waals surface area (Å²) in [6.45, 7) is 4.90. The zero-order valence-electron chi connectivity index (χ0n) is 14.4. The fourth-order valence-corrected chi connectivity index (χ4v) is 3.49. The lowest BCUT2D eigenvalue weighted by molar-refractivity contribution is -0.128. The van der Waals surface area contributed by atoms with Gasteiger partial charge in [0.25, 0.3) is 0 Å². The highest BCUT2D eigenvalue weighted by molar-refractivity contribution is 5.87. The first-order chi connectivity index (χ1) is 12.2. The van der Waals surface area contributed by atoms with E-state index in [1.165, 1.54) is 6.08 Å². The monoisotopic (exact) mass is 340 g/mol. The van der Waals surface area contributed by atoms with E-state index in [1.807, 2.05) is 29.2 Å². The van der Waals surface area contributed by atoms with Crippen molar-refractivity contribution in [2.75, 3.05) is 13.1 Å². The SMILES string of the molecule is C=CC(=O)N1CCCC1CCC(=O)NCCc1coc2ccccc12. The van der Waals surface area contributed by atoms with Gasteiger partial charge in [-0.25, -0.2) is 0 Å². The van der Waals surface area contributed by atoms with E-state index in [9.17, 15) is 9.59 Å². The third-order valence-corrected chi connectivity index (χ3v) is 4.82. The largest absolute Gasteiger partial charge is 0.464 e. The molecule has 1 aliphatic heterocycles. The van der Waals surface area contributed by atoms with Crippen molar-refractivity contribution in [1.29, 1.82) is 0 Å². The van der Waals surface area contributed by atoms with Crippen LogP contribution in [0.2, 0.25) is 0 Å².